The Balaban J connectivity index is 1.68. The van der Waals surface area contributed by atoms with Crippen LogP contribution in [0.3, 0.4) is 0 Å². The number of halogens is 1. The minimum atomic E-state index is -0.681. The van der Waals surface area contributed by atoms with Crippen molar-refractivity contribution in [2.24, 2.45) is 4.99 Å². The summed E-state index contributed by atoms with van der Waals surface area (Å²) < 4.78 is 7.70. The smallest absolute Gasteiger partial charge is 0.270 e. The second-order valence-electron chi connectivity index (χ2n) is 3.80. The van der Waals surface area contributed by atoms with Gasteiger partial charge in [0.2, 0.25) is 0 Å². The molecule has 0 saturated carbocycles. The van der Waals surface area contributed by atoms with Gasteiger partial charge < -0.3 is 5.32 Å². The van der Waals surface area contributed by atoms with E-state index < -0.39 is 6.04 Å². The summed E-state index contributed by atoms with van der Waals surface area (Å²) >= 11 is 8.76. The summed E-state index contributed by atoms with van der Waals surface area (Å²) in [4.78, 5) is 14.6. The van der Waals surface area contributed by atoms with Crippen LogP contribution in [-0.2, 0) is 0 Å². The molecule has 0 fully saturated rings. The number of amidine groups is 1. The largest absolute Gasteiger partial charge is 0.367 e. The van der Waals surface area contributed by atoms with Crippen LogP contribution >= 0.6 is 35.1 Å². The van der Waals surface area contributed by atoms with Crippen molar-refractivity contribution in [1.82, 2.24) is 14.1 Å². The van der Waals surface area contributed by atoms with Crippen molar-refractivity contribution >= 4 is 40.9 Å². The zero-order valence-corrected chi connectivity index (χ0v) is 12.2. The van der Waals surface area contributed by atoms with Crippen LogP contribution in [0, 0.1) is 10.1 Å². The highest BCUT2D eigenvalue weighted by Crippen LogP contribution is 2.31. The number of nitro groups is 1. The third kappa shape index (κ3) is 4.02. The van der Waals surface area contributed by atoms with Gasteiger partial charge in [-0.3, -0.25) is 15.1 Å². The normalized spacial score (nSPS) is 20.1. The molecular formula is C9H12ClN5O2S2. The fraction of sp³-hybridized carbons (Fsp3) is 0.667. The van der Waals surface area contributed by atoms with Crippen molar-refractivity contribution < 1.29 is 4.92 Å². The second-order valence-corrected chi connectivity index (χ2v) is 6.27. The molecule has 1 aliphatic rings. The Hall–Kier alpha value is -0.930. The van der Waals surface area contributed by atoms with Crippen LogP contribution in [0.25, 0.3) is 0 Å². The van der Waals surface area contributed by atoms with E-state index in [0.29, 0.717) is 25.3 Å². The molecular weight excluding hydrogens is 310 g/mol. The minimum Gasteiger partial charge on any atom is -0.367 e. The number of aromatic nitrogens is 2. The molecule has 0 bridgehead atoms. The van der Waals surface area contributed by atoms with Crippen LogP contribution in [0.2, 0.25) is 0 Å². The molecule has 0 aliphatic carbocycles. The third-order valence-electron chi connectivity index (χ3n) is 2.54. The summed E-state index contributed by atoms with van der Waals surface area (Å²) in [6.07, 6.45) is 2.12. The fourth-order valence-corrected chi connectivity index (χ4v) is 3.28. The first-order chi connectivity index (χ1) is 9.18. The van der Waals surface area contributed by atoms with Crippen LogP contribution in [0.1, 0.15) is 16.8 Å². The Bertz CT molecular complexity index is 455. The van der Waals surface area contributed by atoms with Crippen molar-refractivity contribution in [2.75, 3.05) is 18.8 Å². The molecule has 0 amide bonds. The van der Waals surface area contributed by atoms with Crippen LogP contribution in [-0.4, -0.2) is 44.4 Å². The number of aliphatic imine (C=N–C) groups is 1. The predicted molar refractivity (Wildman–Crippen MR) is 76.7 cm³/mol. The van der Waals surface area contributed by atoms with Crippen molar-refractivity contribution in [3.05, 3.63) is 22.0 Å². The SMILES string of the molecule is O=[N+]([O-])C1CCN=C1NCCSC(Cl)c1cnsn1. The Kier molecular flexibility index (Phi) is 5.34. The Morgan fingerprint density at radius 2 is 2.58 bits per heavy atom. The highest BCUT2D eigenvalue weighted by Gasteiger charge is 2.30. The molecule has 7 nitrogen and oxygen atoms in total. The second kappa shape index (κ2) is 7.01. The molecule has 0 spiro atoms. The van der Waals surface area contributed by atoms with Crippen LogP contribution in [0.15, 0.2) is 11.2 Å². The van der Waals surface area contributed by atoms with E-state index in [9.17, 15) is 10.1 Å². The first kappa shape index (κ1) is 14.5. The van der Waals surface area contributed by atoms with Crippen LogP contribution < -0.4 is 5.32 Å². The van der Waals surface area contributed by atoms with Gasteiger partial charge >= 0.3 is 0 Å². The van der Waals surface area contributed by atoms with Gasteiger partial charge in [0, 0.05) is 30.2 Å². The lowest BCUT2D eigenvalue weighted by Gasteiger charge is -2.09. The van der Waals surface area contributed by atoms with E-state index >= 15 is 0 Å². The topological polar surface area (TPSA) is 93.3 Å². The van der Waals surface area contributed by atoms with Gasteiger partial charge in [-0.25, -0.2) is 0 Å². The van der Waals surface area contributed by atoms with Gasteiger partial charge in [-0.15, -0.1) is 23.4 Å². The number of alkyl halides is 1. The molecule has 1 N–H and O–H groups in total. The standard InChI is InChI=1S/C9H12ClN5O2S2/c10-8(6-5-13-19-14-6)18-4-3-12-9-7(15(16)17)1-2-11-9/h5,7-8H,1-4H2,(H,11,12). The molecule has 10 heteroatoms. The highest BCUT2D eigenvalue weighted by molar-refractivity contribution is 8.00. The molecule has 2 rings (SSSR count). The lowest BCUT2D eigenvalue weighted by molar-refractivity contribution is -0.502. The van der Waals surface area contributed by atoms with Gasteiger partial charge in [0.05, 0.1) is 17.9 Å². The Labute approximate surface area is 123 Å². The summed E-state index contributed by atoms with van der Waals surface area (Å²) in [6, 6.07) is -0.681. The zero-order chi connectivity index (χ0) is 13.7. The maximum absolute atomic E-state index is 10.8. The fourth-order valence-electron chi connectivity index (χ4n) is 1.63. The first-order valence-electron chi connectivity index (χ1n) is 5.63. The van der Waals surface area contributed by atoms with E-state index in [-0.39, 0.29) is 9.63 Å². The average Bonchev–Trinajstić information content (AvgIpc) is 3.04. The molecule has 0 radical (unpaired) electrons. The highest BCUT2D eigenvalue weighted by atomic mass is 35.5. The van der Waals surface area contributed by atoms with E-state index in [1.165, 1.54) is 11.8 Å². The third-order valence-corrected chi connectivity index (χ3v) is 4.61. The van der Waals surface area contributed by atoms with Gasteiger partial charge in [0.1, 0.15) is 10.4 Å². The van der Waals surface area contributed by atoms with Crippen molar-refractivity contribution in [2.45, 2.75) is 17.2 Å². The van der Waals surface area contributed by atoms with Crippen LogP contribution in [0.4, 0.5) is 0 Å². The van der Waals surface area contributed by atoms with E-state index in [2.05, 4.69) is 19.1 Å². The van der Waals surface area contributed by atoms with Crippen molar-refractivity contribution in [1.29, 1.82) is 0 Å². The van der Waals surface area contributed by atoms with Crippen molar-refractivity contribution in [3.8, 4) is 0 Å². The van der Waals surface area contributed by atoms with E-state index in [1.807, 2.05) is 0 Å². The quantitative estimate of drug-likeness (QED) is 0.370. The summed E-state index contributed by atoms with van der Waals surface area (Å²) in [5.74, 6) is 1.20. The number of hydrogen-bond donors (Lipinski definition) is 1. The van der Waals surface area contributed by atoms with Gasteiger partial charge in [0.15, 0.2) is 5.84 Å². The summed E-state index contributed by atoms with van der Waals surface area (Å²) in [5, 5.41) is 13.8. The lowest BCUT2D eigenvalue weighted by atomic mass is 10.2. The summed E-state index contributed by atoms with van der Waals surface area (Å²) in [6.45, 7) is 1.11. The Morgan fingerprint density at radius 3 is 3.26 bits per heavy atom. The number of nitrogens with zero attached hydrogens (tertiary/aromatic N) is 4. The minimum absolute atomic E-state index is 0.239. The monoisotopic (exact) mass is 321 g/mol. The number of rotatable bonds is 6. The molecule has 1 aromatic rings. The molecule has 19 heavy (non-hydrogen) atoms. The number of nitrogens with one attached hydrogen (secondary N) is 1. The zero-order valence-electron chi connectivity index (χ0n) is 9.86. The molecule has 1 aliphatic heterocycles. The molecule has 1 aromatic heterocycles. The van der Waals surface area contributed by atoms with E-state index in [4.69, 9.17) is 11.6 Å². The molecule has 2 unspecified atom stereocenters. The van der Waals surface area contributed by atoms with E-state index in [0.717, 1.165) is 23.2 Å². The van der Waals surface area contributed by atoms with E-state index in [1.54, 1.807) is 6.20 Å². The van der Waals surface area contributed by atoms with Gasteiger partial charge in [-0.05, 0) is 0 Å². The summed E-state index contributed by atoms with van der Waals surface area (Å²) in [7, 11) is 0. The number of thioether (sulfide) groups is 1. The maximum atomic E-state index is 10.8. The van der Waals surface area contributed by atoms with Crippen molar-refractivity contribution in [3.63, 3.8) is 0 Å². The van der Waals surface area contributed by atoms with Gasteiger partial charge in [0.25, 0.3) is 6.04 Å². The Morgan fingerprint density at radius 1 is 1.74 bits per heavy atom. The van der Waals surface area contributed by atoms with Crippen LogP contribution in [0.5, 0.6) is 0 Å². The molecule has 2 atom stereocenters. The molecule has 0 aromatic carbocycles. The van der Waals surface area contributed by atoms with Gasteiger partial charge in [-0.2, -0.15) is 8.75 Å². The number of hydrogen-bond acceptors (Lipinski definition) is 8. The molecule has 104 valence electrons. The first-order valence-corrected chi connectivity index (χ1v) is 7.85. The maximum Gasteiger partial charge on any atom is 0.270 e. The molecule has 0 saturated heterocycles. The lowest BCUT2D eigenvalue weighted by Crippen LogP contribution is -2.38. The van der Waals surface area contributed by atoms with Gasteiger partial charge in [-0.1, -0.05) is 0 Å². The predicted octanol–water partition coefficient (Wildman–Crippen LogP) is 1.55. The summed E-state index contributed by atoms with van der Waals surface area (Å²) in [5.41, 5.74) is 0.748. The average molecular weight is 322 g/mol. The molecule has 2 heterocycles.